The van der Waals surface area contributed by atoms with Crippen molar-refractivity contribution in [1.82, 2.24) is 5.32 Å². The zero-order valence-electron chi connectivity index (χ0n) is 9.40. The summed E-state index contributed by atoms with van der Waals surface area (Å²) in [6, 6.07) is 6.18. The second-order valence-corrected chi connectivity index (χ2v) is 3.66. The van der Waals surface area contributed by atoms with Gasteiger partial charge in [-0.3, -0.25) is 9.59 Å². The number of carboxylic acid groups (broad SMARTS) is 1. The zero-order valence-corrected chi connectivity index (χ0v) is 9.40. The Kier molecular flexibility index (Phi) is 4.39. The number of hydrogen-bond donors (Lipinski definition) is 2. The molecule has 0 aromatic heterocycles. The van der Waals surface area contributed by atoms with Gasteiger partial charge in [0.05, 0.1) is 12.0 Å². The average Bonchev–Trinajstić information content (AvgIpc) is 2.26. The van der Waals surface area contributed by atoms with Crippen LogP contribution >= 0.6 is 0 Å². The van der Waals surface area contributed by atoms with Gasteiger partial charge in [0, 0.05) is 6.54 Å². The van der Waals surface area contributed by atoms with Gasteiger partial charge < -0.3 is 10.4 Å². The number of aromatic carboxylic acids is 1. The largest absolute Gasteiger partial charge is 0.478 e. The number of nitrogens with one attached hydrogen (secondary N) is 1. The smallest absolute Gasteiger partial charge is 0.335 e. The molecule has 0 heterocycles. The van der Waals surface area contributed by atoms with Crippen LogP contribution < -0.4 is 5.32 Å². The fourth-order valence-electron chi connectivity index (χ4n) is 1.25. The molecule has 2 N–H and O–H groups in total. The Balaban J connectivity index is 2.50. The molecule has 90 valence electrons. The third kappa shape index (κ3) is 4.46. The molecule has 0 unspecified atom stereocenters. The van der Waals surface area contributed by atoms with E-state index in [1.807, 2.05) is 0 Å². The van der Waals surface area contributed by atoms with Crippen LogP contribution in [0.15, 0.2) is 24.3 Å². The molecule has 0 saturated heterocycles. The maximum absolute atomic E-state index is 11.2. The first-order chi connectivity index (χ1) is 7.99. The molecule has 0 aliphatic rings. The van der Waals surface area contributed by atoms with E-state index < -0.39 is 5.97 Å². The maximum Gasteiger partial charge on any atom is 0.335 e. The van der Waals surface area contributed by atoms with Crippen molar-refractivity contribution in [1.29, 1.82) is 0 Å². The summed E-state index contributed by atoms with van der Waals surface area (Å²) in [6.07, 6.45) is -0.132. The highest BCUT2D eigenvalue weighted by molar-refractivity contribution is 5.96. The van der Waals surface area contributed by atoms with Crippen molar-refractivity contribution in [2.45, 2.75) is 19.9 Å². The van der Waals surface area contributed by atoms with E-state index in [1.54, 1.807) is 12.1 Å². The number of hydrogen-bond acceptors (Lipinski definition) is 3. The van der Waals surface area contributed by atoms with Crippen molar-refractivity contribution < 1.29 is 19.5 Å². The van der Waals surface area contributed by atoms with E-state index in [4.69, 9.17) is 5.11 Å². The predicted molar refractivity (Wildman–Crippen MR) is 60.5 cm³/mol. The quantitative estimate of drug-likeness (QED) is 0.745. The zero-order chi connectivity index (χ0) is 12.8. The van der Waals surface area contributed by atoms with Gasteiger partial charge in [-0.15, -0.1) is 0 Å². The Morgan fingerprint density at radius 1 is 1.18 bits per heavy atom. The van der Waals surface area contributed by atoms with Crippen molar-refractivity contribution >= 4 is 17.7 Å². The van der Waals surface area contributed by atoms with Gasteiger partial charge in [0.25, 0.3) is 0 Å². The number of amides is 1. The van der Waals surface area contributed by atoms with Gasteiger partial charge in [0.2, 0.25) is 5.91 Å². The van der Waals surface area contributed by atoms with E-state index >= 15 is 0 Å². The van der Waals surface area contributed by atoms with Gasteiger partial charge in [0.1, 0.15) is 5.78 Å². The molecule has 1 aromatic rings. The molecular weight excluding hydrogens is 222 g/mol. The highest BCUT2D eigenvalue weighted by Gasteiger charge is 2.05. The Morgan fingerprint density at radius 3 is 2.24 bits per heavy atom. The molecule has 1 rings (SSSR count). The number of Topliss-reactive ketones (excluding diaryl/α,β-unsaturated/α-hetero) is 1. The van der Waals surface area contributed by atoms with Crippen molar-refractivity contribution in [3.05, 3.63) is 35.4 Å². The number of benzene rings is 1. The molecule has 1 aromatic carbocycles. The Morgan fingerprint density at radius 2 is 1.76 bits per heavy atom. The van der Waals surface area contributed by atoms with Crippen LogP contribution in [0, 0.1) is 0 Å². The number of rotatable bonds is 5. The number of carboxylic acids is 1. The molecule has 0 fully saturated rings. The van der Waals surface area contributed by atoms with Crippen molar-refractivity contribution in [2.75, 3.05) is 0 Å². The van der Waals surface area contributed by atoms with Gasteiger partial charge in [-0.05, 0) is 24.6 Å². The van der Waals surface area contributed by atoms with Gasteiger partial charge in [0.15, 0.2) is 0 Å². The van der Waals surface area contributed by atoms with Gasteiger partial charge in [-0.1, -0.05) is 12.1 Å². The van der Waals surface area contributed by atoms with Crippen LogP contribution in [0.3, 0.4) is 0 Å². The molecule has 17 heavy (non-hydrogen) atoms. The summed E-state index contributed by atoms with van der Waals surface area (Å²) in [7, 11) is 0. The number of carbonyl (C=O) groups is 3. The van der Waals surface area contributed by atoms with Crippen molar-refractivity contribution in [3.63, 3.8) is 0 Å². The molecule has 0 aliphatic heterocycles. The Labute approximate surface area is 98.4 Å². The lowest BCUT2D eigenvalue weighted by Crippen LogP contribution is -2.24. The third-order valence-electron chi connectivity index (χ3n) is 2.10. The summed E-state index contributed by atoms with van der Waals surface area (Å²) in [5.41, 5.74) is 0.982. The Bertz CT molecular complexity index is 436. The first-order valence-corrected chi connectivity index (χ1v) is 5.07. The minimum Gasteiger partial charge on any atom is -0.478 e. The van der Waals surface area contributed by atoms with E-state index in [0.717, 1.165) is 5.56 Å². The lowest BCUT2D eigenvalue weighted by Gasteiger charge is -2.04. The Hall–Kier alpha value is -2.17. The summed E-state index contributed by atoms with van der Waals surface area (Å²) >= 11 is 0. The normalized spacial score (nSPS) is 9.71. The second-order valence-electron chi connectivity index (χ2n) is 3.66. The standard InChI is InChI=1S/C12H13NO4/c1-8(14)6-11(15)13-7-9-2-4-10(5-3-9)12(16)17/h2-5H,6-7H2,1H3,(H,13,15)(H,16,17). The van der Waals surface area contributed by atoms with Crippen molar-refractivity contribution in [2.24, 2.45) is 0 Å². The van der Waals surface area contributed by atoms with Gasteiger partial charge in [-0.25, -0.2) is 4.79 Å². The molecule has 1 amide bonds. The highest BCUT2D eigenvalue weighted by atomic mass is 16.4. The summed E-state index contributed by atoms with van der Waals surface area (Å²) in [4.78, 5) is 32.4. The lowest BCUT2D eigenvalue weighted by molar-refractivity contribution is -0.127. The molecule has 0 atom stereocenters. The monoisotopic (exact) mass is 235 g/mol. The predicted octanol–water partition coefficient (Wildman–Crippen LogP) is 0.980. The molecule has 0 radical (unpaired) electrons. The minimum absolute atomic E-state index is 0.132. The minimum atomic E-state index is -0.989. The first kappa shape index (κ1) is 12.9. The van der Waals surface area contributed by atoms with Crippen LogP contribution in [-0.4, -0.2) is 22.8 Å². The van der Waals surface area contributed by atoms with E-state index in [9.17, 15) is 14.4 Å². The van der Waals surface area contributed by atoms with Gasteiger partial charge >= 0.3 is 5.97 Å². The average molecular weight is 235 g/mol. The van der Waals surface area contributed by atoms with Gasteiger partial charge in [-0.2, -0.15) is 0 Å². The summed E-state index contributed by atoms with van der Waals surface area (Å²) in [5.74, 6) is -1.51. The molecule has 0 aliphatic carbocycles. The van der Waals surface area contributed by atoms with E-state index in [2.05, 4.69) is 5.32 Å². The van der Waals surface area contributed by atoms with Crippen LogP contribution in [0.4, 0.5) is 0 Å². The van der Waals surface area contributed by atoms with Crippen LogP contribution in [0.1, 0.15) is 29.3 Å². The molecule has 0 spiro atoms. The first-order valence-electron chi connectivity index (χ1n) is 5.07. The number of ketones is 1. The molecular formula is C12H13NO4. The third-order valence-corrected chi connectivity index (χ3v) is 2.10. The fraction of sp³-hybridized carbons (Fsp3) is 0.250. The molecule has 5 nitrogen and oxygen atoms in total. The highest BCUT2D eigenvalue weighted by Crippen LogP contribution is 2.04. The lowest BCUT2D eigenvalue weighted by atomic mass is 10.1. The van der Waals surface area contributed by atoms with E-state index in [0.29, 0.717) is 0 Å². The fourth-order valence-corrected chi connectivity index (χ4v) is 1.25. The molecule has 0 saturated carbocycles. The van der Waals surface area contributed by atoms with Crippen LogP contribution in [-0.2, 0) is 16.1 Å². The topological polar surface area (TPSA) is 83.5 Å². The molecule has 0 bridgehead atoms. The second kappa shape index (κ2) is 5.79. The SMILES string of the molecule is CC(=O)CC(=O)NCc1ccc(C(=O)O)cc1. The maximum atomic E-state index is 11.2. The van der Waals surface area contributed by atoms with Crippen molar-refractivity contribution in [3.8, 4) is 0 Å². The van der Waals surface area contributed by atoms with E-state index in [1.165, 1.54) is 19.1 Å². The molecule has 5 heteroatoms. The van der Waals surface area contributed by atoms with Crippen LogP contribution in [0.5, 0.6) is 0 Å². The summed E-state index contributed by atoms with van der Waals surface area (Å²) in [6.45, 7) is 1.63. The number of carbonyl (C=O) groups excluding carboxylic acids is 2. The van der Waals surface area contributed by atoms with Crippen LogP contribution in [0.25, 0.3) is 0 Å². The van der Waals surface area contributed by atoms with Crippen LogP contribution in [0.2, 0.25) is 0 Å². The van der Waals surface area contributed by atoms with E-state index in [-0.39, 0.29) is 30.2 Å². The summed E-state index contributed by atoms with van der Waals surface area (Å²) < 4.78 is 0. The summed E-state index contributed by atoms with van der Waals surface area (Å²) in [5, 5.41) is 11.3.